The fraction of sp³-hybridized carbons (Fsp3) is 0.538. The molecule has 1 aromatic rings. The number of benzene rings is 1. The van der Waals surface area contributed by atoms with Gasteiger partial charge in [-0.15, -0.1) is 0 Å². The molecule has 1 nitrogen and oxygen atoms in total. The molecule has 1 aromatic carbocycles. The largest absolute Gasteiger partial charge is 0.313 e. The van der Waals surface area contributed by atoms with Crippen molar-refractivity contribution in [2.75, 3.05) is 7.05 Å². The lowest BCUT2D eigenvalue weighted by molar-refractivity contribution is 0.480. The third kappa shape index (κ3) is 2.96. The summed E-state index contributed by atoms with van der Waals surface area (Å²) in [5, 5.41) is 3.77. The lowest BCUT2D eigenvalue weighted by Gasteiger charge is -2.17. The number of rotatable bonds is 5. The van der Waals surface area contributed by atoms with Gasteiger partial charge in [0.05, 0.1) is 0 Å². The van der Waals surface area contributed by atoms with Gasteiger partial charge in [-0.3, -0.25) is 0 Å². The van der Waals surface area contributed by atoms with Crippen LogP contribution in [0.3, 0.4) is 0 Å². The van der Waals surface area contributed by atoms with E-state index >= 15 is 0 Å². The summed E-state index contributed by atoms with van der Waals surface area (Å²) in [5.74, 6) is 0.706. The van der Waals surface area contributed by atoms with Crippen LogP contribution in [0, 0.1) is 11.7 Å². The van der Waals surface area contributed by atoms with Crippen LogP contribution in [0.25, 0.3) is 0 Å². The molecule has 0 spiro atoms. The first-order valence-corrected chi connectivity index (χ1v) is 6.20. The highest BCUT2D eigenvalue weighted by atomic mass is 35.5. The summed E-state index contributed by atoms with van der Waals surface area (Å²) < 4.78 is 13.6. The molecule has 0 heterocycles. The van der Waals surface area contributed by atoms with Gasteiger partial charge in [-0.1, -0.05) is 24.4 Å². The van der Waals surface area contributed by atoms with E-state index in [1.807, 2.05) is 7.05 Å². The van der Waals surface area contributed by atoms with Crippen molar-refractivity contribution in [3.63, 3.8) is 0 Å². The van der Waals surface area contributed by atoms with Crippen LogP contribution in [-0.2, 0) is 0 Å². The molecule has 1 fully saturated rings. The maximum absolute atomic E-state index is 13.6. The highest BCUT2D eigenvalue weighted by Crippen LogP contribution is 2.36. The van der Waals surface area contributed by atoms with Gasteiger partial charge < -0.3 is 5.32 Å². The average molecular weight is 242 g/mol. The van der Waals surface area contributed by atoms with E-state index in [1.54, 1.807) is 12.1 Å². The van der Waals surface area contributed by atoms with E-state index in [1.165, 1.54) is 25.3 Å². The van der Waals surface area contributed by atoms with Crippen LogP contribution in [-0.4, -0.2) is 7.05 Å². The van der Waals surface area contributed by atoms with E-state index in [4.69, 9.17) is 11.6 Å². The second kappa shape index (κ2) is 5.15. The molecule has 0 aliphatic heterocycles. The normalized spacial score (nSPS) is 17.4. The van der Waals surface area contributed by atoms with Crippen molar-refractivity contribution in [1.82, 2.24) is 5.32 Å². The SMILES string of the molecule is CNC(CCC1CC1)c1cc(Cl)ccc1F. The van der Waals surface area contributed by atoms with E-state index < -0.39 is 0 Å². The molecule has 3 heteroatoms. The Morgan fingerprint density at radius 1 is 1.50 bits per heavy atom. The minimum Gasteiger partial charge on any atom is -0.313 e. The van der Waals surface area contributed by atoms with Crippen LogP contribution in [0.15, 0.2) is 18.2 Å². The molecule has 1 unspecified atom stereocenters. The molecule has 88 valence electrons. The summed E-state index contributed by atoms with van der Waals surface area (Å²) in [6.07, 6.45) is 4.85. The van der Waals surface area contributed by atoms with E-state index in [0.29, 0.717) is 10.6 Å². The molecule has 1 aliphatic carbocycles. The Morgan fingerprint density at radius 3 is 2.88 bits per heavy atom. The van der Waals surface area contributed by atoms with E-state index in [9.17, 15) is 4.39 Å². The first kappa shape index (κ1) is 11.9. The quantitative estimate of drug-likeness (QED) is 0.824. The maximum atomic E-state index is 13.6. The lowest BCUT2D eigenvalue weighted by Crippen LogP contribution is -2.17. The molecule has 0 bridgehead atoms. The van der Waals surface area contributed by atoms with E-state index in [0.717, 1.165) is 12.3 Å². The molecule has 1 N–H and O–H groups in total. The van der Waals surface area contributed by atoms with Crippen LogP contribution in [0.4, 0.5) is 4.39 Å². The molecule has 0 aromatic heterocycles. The summed E-state index contributed by atoms with van der Waals surface area (Å²) in [7, 11) is 1.87. The second-order valence-corrected chi connectivity index (χ2v) is 4.96. The van der Waals surface area contributed by atoms with Crippen LogP contribution in [0.5, 0.6) is 0 Å². The molecular formula is C13H17ClFN. The third-order valence-electron chi connectivity index (χ3n) is 3.24. The van der Waals surface area contributed by atoms with Gasteiger partial charge in [0.25, 0.3) is 0 Å². The fourth-order valence-corrected chi connectivity index (χ4v) is 2.23. The molecule has 2 rings (SSSR count). The average Bonchev–Trinajstić information content (AvgIpc) is 3.07. The highest BCUT2D eigenvalue weighted by molar-refractivity contribution is 6.30. The molecule has 1 aliphatic rings. The maximum Gasteiger partial charge on any atom is 0.128 e. The predicted molar refractivity (Wildman–Crippen MR) is 65.2 cm³/mol. The van der Waals surface area contributed by atoms with Gasteiger partial charge in [0.1, 0.15) is 5.82 Å². The van der Waals surface area contributed by atoms with Crippen LogP contribution < -0.4 is 5.32 Å². The minimum atomic E-state index is -0.167. The van der Waals surface area contributed by atoms with Gasteiger partial charge >= 0.3 is 0 Å². The summed E-state index contributed by atoms with van der Waals surface area (Å²) >= 11 is 5.90. The van der Waals surface area contributed by atoms with Crippen molar-refractivity contribution in [3.8, 4) is 0 Å². The summed E-state index contributed by atoms with van der Waals surface area (Å²) in [6, 6.07) is 4.84. The Hall–Kier alpha value is -0.600. The van der Waals surface area contributed by atoms with Crippen molar-refractivity contribution in [1.29, 1.82) is 0 Å². The van der Waals surface area contributed by atoms with Crippen molar-refractivity contribution < 1.29 is 4.39 Å². The molecule has 1 saturated carbocycles. The van der Waals surface area contributed by atoms with Crippen LogP contribution in [0.2, 0.25) is 5.02 Å². The molecule has 0 amide bonds. The lowest BCUT2D eigenvalue weighted by atomic mass is 10.00. The Labute approximate surface area is 101 Å². The first-order chi connectivity index (χ1) is 7.70. The monoisotopic (exact) mass is 241 g/mol. The zero-order valence-corrected chi connectivity index (χ0v) is 10.2. The van der Waals surface area contributed by atoms with Gasteiger partial charge in [-0.2, -0.15) is 0 Å². The van der Waals surface area contributed by atoms with Gasteiger partial charge in [-0.25, -0.2) is 4.39 Å². The van der Waals surface area contributed by atoms with Gasteiger partial charge in [0.15, 0.2) is 0 Å². The van der Waals surface area contributed by atoms with E-state index in [2.05, 4.69) is 5.32 Å². The first-order valence-electron chi connectivity index (χ1n) is 5.83. The van der Waals surface area contributed by atoms with Gasteiger partial charge in [0, 0.05) is 16.6 Å². The Morgan fingerprint density at radius 2 is 2.25 bits per heavy atom. The number of hydrogen-bond donors (Lipinski definition) is 1. The van der Waals surface area contributed by atoms with Crippen molar-refractivity contribution in [3.05, 3.63) is 34.6 Å². The van der Waals surface area contributed by atoms with Crippen molar-refractivity contribution in [2.24, 2.45) is 5.92 Å². The van der Waals surface area contributed by atoms with Gasteiger partial charge in [-0.05, 0) is 44.0 Å². The molecule has 1 atom stereocenters. The van der Waals surface area contributed by atoms with Crippen LogP contribution >= 0.6 is 11.6 Å². The zero-order valence-electron chi connectivity index (χ0n) is 9.47. The Bertz CT molecular complexity index is 363. The Kier molecular flexibility index (Phi) is 3.82. The van der Waals surface area contributed by atoms with Crippen LogP contribution in [0.1, 0.15) is 37.3 Å². The number of hydrogen-bond acceptors (Lipinski definition) is 1. The zero-order chi connectivity index (χ0) is 11.5. The predicted octanol–water partition coefficient (Wildman–Crippen LogP) is 3.93. The Balaban J connectivity index is 2.07. The fourth-order valence-electron chi connectivity index (χ4n) is 2.05. The molecule has 0 saturated heterocycles. The number of nitrogens with one attached hydrogen (secondary N) is 1. The van der Waals surface area contributed by atoms with E-state index in [-0.39, 0.29) is 11.9 Å². The number of halogens is 2. The van der Waals surface area contributed by atoms with Crippen molar-refractivity contribution in [2.45, 2.75) is 31.7 Å². The minimum absolute atomic E-state index is 0.0827. The summed E-state index contributed by atoms with van der Waals surface area (Å²) in [4.78, 5) is 0. The summed E-state index contributed by atoms with van der Waals surface area (Å²) in [6.45, 7) is 0. The highest BCUT2D eigenvalue weighted by Gasteiger charge is 2.23. The third-order valence-corrected chi connectivity index (χ3v) is 3.48. The topological polar surface area (TPSA) is 12.0 Å². The standard InChI is InChI=1S/C13H17ClFN/c1-16-13(7-4-9-2-3-9)11-8-10(14)5-6-12(11)15/h5-6,8-9,13,16H,2-4,7H2,1H3. The smallest absolute Gasteiger partial charge is 0.128 e. The molecular weight excluding hydrogens is 225 g/mol. The molecule has 16 heavy (non-hydrogen) atoms. The summed E-state index contributed by atoms with van der Waals surface area (Å²) in [5.41, 5.74) is 0.690. The second-order valence-electron chi connectivity index (χ2n) is 4.53. The molecule has 0 radical (unpaired) electrons. The van der Waals surface area contributed by atoms with Crippen molar-refractivity contribution >= 4 is 11.6 Å². The van der Waals surface area contributed by atoms with Gasteiger partial charge in [0.2, 0.25) is 0 Å².